The van der Waals surface area contributed by atoms with Crippen molar-refractivity contribution in [3.05, 3.63) is 27.8 Å². The van der Waals surface area contributed by atoms with E-state index in [9.17, 15) is 4.79 Å². The molecule has 0 bridgehead atoms. The van der Waals surface area contributed by atoms with Crippen molar-refractivity contribution in [2.45, 2.75) is 47.0 Å². The van der Waals surface area contributed by atoms with Crippen LogP contribution in [0.5, 0.6) is 5.75 Å². The monoisotopic (exact) mass is 218 g/mol. The lowest BCUT2D eigenvalue weighted by Crippen LogP contribution is -2.26. The van der Waals surface area contributed by atoms with E-state index in [0.29, 0.717) is 0 Å². The summed E-state index contributed by atoms with van der Waals surface area (Å²) in [6, 6.07) is 0. The summed E-state index contributed by atoms with van der Waals surface area (Å²) < 4.78 is 5.43. The van der Waals surface area contributed by atoms with Crippen LogP contribution < -0.4 is 4.74 Å². The first-order valence-electron chi connectivity index (χ1n) is 5.61. The van der Waals surface area contributed by atoms with Crippen LogP contribution in [0.25, 0.3) is 0 Å². The largest absolute Gasteiger partial charge is 0.425 e. The van der Waals surface area contributed by atoms with Gasteiger partial charge >= 0.3 is 5.97 Å². The van der Waals surface area contributed by atoms with Crippen LogP contribution in [0, 0.1) is 27.7 Å². The van der Waals surface area contributed by atoms with E-state index in [-0.39, 0.29) is 5.97 Å². The Morgan fingerprint density at radius 2 is 1.38 bits per heavy atom. The Morgan fingerprint density at radius 1 is 0.875 bits per heavy atom. The zero-order valence-corrected chi connectivity index (χ0v) is 10.8. The summed E-state index contributed by atoms with van der Waals surface area (Å²) in [6.45, 7) is 12.2. The average molecular weight is 218 g/mol. The molecule has 0 saturated heterocycles. The Hall–Kier alpha value is -1.31. The van der Waals surface area contributed by atoms with Crippen molar-refractivity contribution in [3.63, 3.8) is 0 Å². The first-order valence-corrected chi connectivity index (χ1v) is 5.61. The number of carbonyl (C=O) groups is 1. The average Bonchev–Trinajstić information content (AvgIpc) is 2.45. The quantitative estimate of drug-likeness (QED) is 0.494. The highest BCUT2D eigenvalue weighted by Crippen LogP contribution is 2.45. The maximum atomic E-state index is 11.9. The van der Waals surface area contributed by atoms with Gasteiger partial charge < -0.3 is 4.74 Å². The summed E-state index contributed by atoms with van der Waals surface area (Å²) in [6.07, 6.45) is 0. The van der Waals surface area contributed by atoms with Crippen LogP contribution in [0.2, 0.25) is 0 Å². The molecule has 16 heavy (non-hydrogen) atoms. The van der Waals surface area contributed by atoms with E-state index >= 15 is 0 Å². The third kappa shape index (κ3) is 1.16. The Balaban J connectivity index is 2.87. The van der Waals surface area contributed by atoms with Crippen LogP contribution in [-0.4, -0.2) is 5.97 Å². The molecule has 0 aromatic heterocycles. The minimum absolute atomic E-state index is 0.140. The third-order valence-electron chi connectivity index (χ3n) is 3.96. The van der Waals surface area contributed by atoms with Crippen molar-refractivity contribution in [1.82, 2.24) is 0 Å². The molecule has 0 unspecified atom stereocenters. The van der Waals surface area contributed by atoms with Gasteiger partial charge in [-0.1, -0.05) is 0 Å². The predicted molar refractivity (Wildman–Crippen MR) is 64.1 cm³/mol. The van der Waals surface area contributed by atoms with Gasteiger partial charge in [-0.25, -0.2) is 0 Å². The minimum Gasteiger partial charge on any atom is -0.425 e. The number of hydrogen-bond acceptors (Lipinski definition) is 2. The number of benzene rings is 1. The fourth-order valence-corrected chi connectivity index (χ4v) is 2.48. The molecule has 1 aromatic carbocycles. The van der Waals surface area contributed by atoms with Gasteiger partial charge in [0.2, 0.25) is 0 Å². The molecule has 0 spiro atoms. The number of hydrogen-bond donors (Lipinski definition) is 0. The van der Waals surface area contributed by atoms with E-state index in [2.05, 4.69) is 20.8 Å². The van der Waals surface area contributed by atoms with Crippen molar-refractivity contribution < 1.29 is 9.53 Å². The molecule has 2 rings (SSSR count). The van der Waals surface area contributed by atoms with Gasteiger partial charge in [-0.2, -0.15) is 0 Å². The Bertz CT molecular complexity index is 496. The highest BCUT2D eigenvalue weighted by Gasteiger charge is 2.43. The van der Waals surface area contributed by atoms with Gasteiger partial charge in [0.1, 0.15) is 5.75 Å². The summed E-state index contributed by atoms with van der Waals surface area (Å²) in [4.78, 5) is 11.9. The van der Waals surface area contributed by atoms with Gasteiger partial charge in [0.25, 0.3) is 0 Å². The van der Waals surface area contributed by atoms with E-state index < -0.39 is 5.41 Å². The molecule has 2 heteroatoms. The Morgan fingerprint density at radius 3 is 1.94 bits per heavy atom. The van der Waals surface area contributed by atoms with Crippen molar-refractivity contribution >= 4 is 5.97 Å². The lowest BCUT2D eigenvalue weighted by Gasteiger charge is -2.19. The van der Waals surface area contributed by atoms with Crippen molar-refractivity contribution in [2.24, 2.45) is 0 Å². The Kier molecular flexibility index (Phi) is 2.16. The number of carbonyl (C=O) groups excluding carboxylic acids is 1. The van der Waals surface area contributed by atoms with Crippen LogP contribution in [-0.2, 0) is 10.2 Å². The first-order chi connectivity index (χ1) is 7.28. The molecular formula is C14H18O2. The summed E-state index contributed by atoms with van der Waals surface area (Å²) in [5, 5.41) is 0. The second-order valence-corrected chi connectivity index (χ2v) is 5.22. The van der Waals surface area contributed by atoms with E-state index in [0.717, 1.165) is 16.9 Å². The highest BCUT2D eigenvalue weighted by molar-refractivity contribution is 5.91. The molecule has 1 aliphatic heterocycles. The molecular weight excluding hydrogens is 200 g/mol. The van der Waals surface area contributed by atoms with Gasteiger partial charge in [0, 0.05) is 5.56 Å². The topological polar surface area (TPSA) is 26.3 Å². The maximum Gasteiger partial charge on any atom is 0.321 e. The zero-order valence-electron chi connectivity index (χ0n) is 10.8. The van der Waals surface area contributed by atoms with Crippen LogP contribution in [0.1, 0.15) is 41.7 Å². The normalized spacial score (nSPS) is 17.2. The van der Waals surface area contributed by atoms with Crippen LogP contribution in [0.3, 0.4) is 0 Å². The van der Waals surface area contributed by atoms with Gasteiger partial charge in [-0.15, -0.1) is 0 Å². The number of rotatable bonds is 0. The van der Waals surface area contributed by atoms with Crippen LogP contribution in [0.4, 0.5) is 0 Å². The lowest BCUT2D eigenvalue weighted by atomic mass is 9.80. The zero-order chi connectivity index (χ0) is 12.2. The highest BCUT2D eigenvalue weighted by atomic mass is 16.5. The number of esters is 1. The smallest absolute Gasteiger partial charge is 0.321 e. The molecule has 0 radical (unpaired) electrons. The molecule has 1 aliphatic rings. The van der Waals surface area contributed by atoms with Gasteiger partial charge in [0.05, 0.1) is 5.41 Å². The molecule has 86 valence electrons. The SMILES string of the molecule is Cc1c(C)c(C)c2c(c1C)OC(=O)C2(C)C. The van der Waals surface area contributed by atoms with E-state index in [1.165, 1.54) is 16.7 Å². The lowest BCUT2D eigenvalue weighted by molar-refractivity contribution is -0.137. The van der Waals surface area contributed by atoms with Gasteiger partial charge in [-0.3, -0.25) is 4.79 Å². The molecule has 0 fully saturated rings. The molecule has 1 heterocycles. The second kappa shape index (κ2) is 3.09. The van der Waals surface area contributed by atoms with Gasteiger partial charge in [-0.05, 0) is 63.8 Å². The molecule has 1 aromatic rings. The number of ether oxygens (including phenoxy) is 1. The molecule has 0 aliphatic carbocycles. The van der Waals surface area contributed by atoms with E-state index in [1.807, 2.05) is 20.8 Å². The summed E-state index contributed by atoms with van der Waals surface area (Å²) in [7, 11) is 0. The van der Waals surface area contributed by atoms with Crippen LogP contribution in [0.15, 0.2) is 0 Å². The maximum absolute atomic E-state index is 11.9. The van der Waals surface area contributed by atoms with E-state index in [4.69, 9.17) is 4.74 Å². The summed E-state index contributed by atoms with van der Waals surface area (Å²) in [5.74, 6) is 0.648. The molecule has 2 nitrogen and oxygen atoms in total. The first kappa shape index (κ1) is 11.2. The predicted octanol–water partition coefficient (Wildman–Crippen LogP) is 3.12. The molecule has 0 N–H and O–H groups in total. The van der Waals surface area contributed by atoms with Crippen molar-refractivity contribution in [3.8, 4) is 5.75 Å². The van der Waals surface area contributed by atoms with Crippen molar-refractivity contribution in [2.75, 3.05) is 0 Å². The van der Waals surface area contributed by atoms with Gasteiger partial charge in [0.15, 0.2) is 0 Å². The number of fused-ring (bicyclic) bond motifs is 1. The summed E-state index contributed by atoms with van der Waals surface area (Å²) in [5.41, 5.74) is 5.33. The second-order valence-electron chi connectivity index (χ2n) is 5.22. The minimum atomic E-state index is -0.511. The van der Waals surface area contributed by atoms with Crippen LogP contribution >= 0.6 is 0 Å². The molecule has 0 saturated carbocycles. The van der Waals surface area contributed by atoms with Crippen molar-refractivity contribution in [1.29, 1.82) is 0 Å². The Labute approximate surface area is 96.6 Å². The molecule has 0 amide bonds. The fourth-order valence-electron chi connectivity index (χ4n) is 2.48. The molecule has 0 atom stereocenters. The van der Waals surface area contributed by atoms with E-state index in [1.54, 1.807) is 0 Å². The third-order valence-corrected chi connectivity index (χ3v) is 3.96. The standard InChI is InChI=1S/C14H18O2/c1-7-8(2)10(4)12-11(9(7)3)14(5,6)13(15)16-12/h1-6H3. The fraction of sp³-hybridized carbons (Fsp3) is 0.500. The summed E-state index contributed by atoms with van der Waals surface area (Å²) >= 11 is 0.